The zero-order chi connectivity index (χ0) is 24.6. The molecule has 1 saturated heterocycles. The predicted molar refractivity (Wildman–Crippen MR) is 154 cm³/mol. The van der Waals surface area contributed by atoms with Crippen LogP contribution in [0.2, 0.25) is 0 Å². The van der Waals surface area contributed by atoms with Crippen molar-refractivity contribution in [2.45, 2.75) is 13.0 Å². The van der Waals surface area contributed by atoms with Gasteiger partial charge >= 0.3 is 0 Å². The largest absolute Gasteiger partial charge is 0.487 e. The summed E-state index contributed by atoms with van der Waals surface area (Å²) >= 11 is 4.54. The fourth-order valence-electron chi connectivity index (χ4n) is 6.54. The number of hydrogen-bond donors (Lipinski definition) is 0. The molecule has 6 unspecified atom stereocenters. The molecule has 0 aromatic heterocycles. The summed E-state index contributed by atoms with van der Waals surface area (Å²) in [5, 5.41) is 7.91. The molecule has 180 valence electrons. The minimum Gasteiger partial charge on any atom is -0.487 e. The second-order valence-electron chi connectivity index (χ2n) is 10.1. The van der Waals surface area contributed by atoms with Crippen molar-refractivity contribution in [3.05, 3.63) is 85.0 Å². The third-order valence-corrected chi connectivity index (χ3v) is 9.84. The normalized spacial score (nSPS) is 29.8. The number of nitrogens with zero attached hydrogens (tertiary/aromatic N) is 2. The lowest BCUT2D eigenvalue weighted by molar-refractivity contribution is -0.140. The molecule has 7 heteroatoms. The average molecular weight is 700 g/mol. The van der Waals surface area contributed by atoms with Crippen molar-refractivity contribution >= 4 is 74.0 Å². The van der Waals surface area contributed by atoms with Gasteiger partial charge in [0.05, 0.1) is 25.2 Å². The number of halogens is 2. The van der Waals surface area contributed by atoms with E-state index in [1.807, 2.05) is 24.3 Å². The quantitative estimate of drug-likeness (QED) is 0.142. The van der Waals surface area contributed by atoms with E-state index in [2.05, 4.69) is 92.8 Å². The topological polar surface area (TPSA) is 59.0 Å². The Balaban J connectivity index is 1.09. The smallest absolute Gasteiger partial charge is 0.254 e. The van der Waals surface area contributed by atoms with Gasteiger partial charge in [0.25, 0.3) is 11.8 Å². The zero-order valence-electron chi connectivity index (χ0n) is 19.2. The van der Waals surface area contributed by atoms with Crippen LogP contribution < -0.4 is 4.74 Å². The molecule has 2 amide bonds. The first-order valence-electron chi connectivity index (χ1n) is 12.2. The van der Waals surface area contributed by atoms with Gasteiger partial charge in [-0.15, -0.1) is 0 Å². The molecule has 2 saturated carbocycles. The Bertz CT molecular complexity index is 1430. The SMILES string of the molecule is O=C1C2C3C=CC(C4CC34)C2C(=O)N1/N=C/c1cc(I)c(OCc2cccc3ccccc23)c(I)c1. The number of hydrogen-bond acceptors (Lipinski definition) is 4. The molecule has 3 aromatic carbocycles. The van der Waals surface area contributed by atoms with E-state index in [0.717, 1.165) is 35.4 Å². The molecule has 36 heavy (non-hydrogen) atoms. The Morgan fingerprint density at radius 3 is 2.25 bits per heavy atom. The maximum atomic E-state index is 13.2. The number of carbonyl (C=O) groups excluding carboxylic acids is 2. The lowest BCUT2D eigenvalue weighted by atomic mass is 9.63. The van der Waals surface area contributed by atoms with Crippen LogP contribution in [0.1, 0.15) is 17.5 Å². The number of amides is 2. The highest BCUT2D eigenvalue weighted by Crippen LogP contribution is 2.65. The Morgan fingerprint density at radius 2 is 1.56 bits per heavy atom. The van der Waals surface area contributed by atoms with Crippen LogP contribution in [0.25, 0.3) is 10.8 Å². The minimum absolute atomic E-state index is 0.134. The summed E-state index contributed by atoms with van der Waals surface area (Å²) in [4.78, 5) is 26.3. The molecule has 4 aliphatic carbocycles. The number of ether oxygens (including phenoxy) is 1. The van der Waals surface area contributed by atoms with Crippen molar-refractivity contribution in [2.75, 3.05) is 0 Å². The first kappa shape index (κ1) is 22.9. The summed E-state index contributed by atoms with van der Waals surface area (Å²) in [6, 6.07) is 18.5. The molecule has 3 fully saturated rings. The summed E-state index contributed by atoms with van der Waals surface area (Å²) in [6.07, 6.45) is 7.15. The van der Waals surface area contributed by atoms with Crippen molar-refractivity contribution in [1.82, 2.24) is 5.01 Å². The molecular formula is C29H22I2N2O3. The molecule has 5 nitrogen and oxygen atoms in total. The summed E-state index contributed by atoms with van der Waals surface area (Å²) in [7, 11) is 0. The highest BCUT2D eigenvalue weighted by atomic mass is 127. The minimum atomic E-state index is -0.224. The van der Waals surface area contributed by atoms with Gasteiger partial charge in [0, 0.05) is 0 Å². The molecule has 5 aliphatic rings. The maximum absolute atomic E-state index is 13.2. The van der Waals surface area contributed by atoms with Crippen LogP contribution in [0, 0.1) is 42.6 Å². The van der Waals surface area contributed by atoms with Gasteiger partial charge in [-0.3, -0.25) is 9.59 Å². The van der Waals surface area contributed by atoms with E-state index in [9.17, 15) is 9.59 Å². The lowest BCUT2D eigenvalue weighted by Gasteiger charge is -2.37. The number of rotatable bonds is 5. The summed E-state index contributed by atoms with van der Waals surface area (Å²) in [5.74, 6) is 1.71. The van der Waals surface area contributed by atoms with Gasteiger partial charge in [0.15, 0.2) is 0 Å². The number of benzene rings is 3. The van der Waals surface area contributed by atoms with Crippen LogP contribution in [0.4, 0.5) is 0 Å². The number of fused-ring (bicyclic) bond motifs is 1. The van der Waals surface area contributed by atoms with Crippen molar-refractivity contribution in [3.63, 3.8) is 0 Å². The van der Waals surface area contributed by atoms with Gasteiger partial charge in [-0.25, -0.2) is 0 Å². The van der Waals surface area contributed by atoms with Gasteiger partial charge < -0.3 is 4.74 Å². The fraction of sp³-hybridized carbons (Fsp3) is 0.276. The van der Waals surface area contributed by atoms with Crippen LogP contribution in [-0.4, -0.2) is 23.0 Å². The van der Waals surface area contributed by atoms with Gasteiger partial charge in [-0.1, -0.05) is 54.6 Å². The van der Waals surface area contributed by atoms with Crippen molar-refractivity contribution in [3.8, 4) is 5.75 Å². The monoisotopic (exact) mass is 700 g/mol. The standard InChI is InChI=1S/C29H22I2N2O3/c30-23-10-15(11-24(31)27(23)36-14-17-6-3-5-16-4-1-2-7-18(16)17)13-32-33-28(34)25-19-8-9-20(22-12-21(19)22)26(25)29(33)35/h1-11,13,19-22,25-26H,12,14H2/b32-13+. The molecular weight excluding hydrogens is 678 g/mol. The van der Waals surface area contributed by atoms with Crippen LogP contribution in [0.15, 0.2) is 71.9 Å². The fourth-order valence-corrected chi connectivity index (χ4v) is 8.67. The van der Waals surface area contributed by atoms with Crippen molar-refractivity contribution < 1.29 is 14.3 Å². The van der Waals surface area contributed by atoms with Gasteiger partial charge in [-0.2, -0.15) is 10.1 Å². The summed E-state index contributed by atoms with van der Waals surface area (Å²) in [5.41, 5.74) is 1.97. The predicted octanol–water partition coefficient (Wildman–Crippen LogP) is 6.02. The molecule has 0 radical (unpaired) electrons. The molecule has 0 N–H and O–H groups in total. The molecule has 6 atom stereocenters. The molecule has 0 spiro atoms. The van der Waals surface area contributed by atoms with Crippen LogP contribution >= 0.6 is 45.2 Å². The molecule has 2 bridgehead atoms. The van der Waals surface area contributed by atoms with Gasteiger partial charge in [-0.05, 0) is 109 Å². The second kappa shape index (κ2) is 8.65. The van der Waals surface area contributed by atoms with E-state index in [1.54, 1.807) is 6.21 Å². The van der Waals surface area contributed by atoms with Crippen molar-refractivity contribution in [2.24, 2.45) is 40.6 Å². The number of allylic oxidation sites excluding steroid dienone is 2. The van der Waals surface area contributed by atoms with Crippen LogP contribution in [0.5, 0.6) is 5.75 Å². The summed E-state index contributed by atoms with van der Waals surface area (Å²) < 4.78 is 8.16. The van der Waals surface area contributed by atoms with Crippen molar-refractivity contribution in [1.29, 1.82) is 0 Å². The second-order valence-corrected chi connectivity index (χ2v) is 12.5. The van der Waals surface area contributed by atoms with E-state index >= 15 is 0 Å². The van der Waals surface area contributed by atoms with E-state index in [-0.39, 0.29) is 35.5 Å². The Kier molecular flexibility index (Phi) is 5.50. The number of imide groups is 1. The average Bonchev–Trinajstić information content (AvgIpc) is 3.66. The number of carbonyl (C=O) groups is 2. The van der Waals surface area contributed by atoms with E-state index in [4.69, 9.17) is 4.74 Å². The summed E-state index contributed by atoms with van der Waals surface area (Å²) in [6.45, 7) is 0.471. The van der Waals surface area contributed by atoms with E-state index in [0.29, 0.717) is 18.4 Å². The third kappa shape index (κ3) is 3.56. The number of hydrazone groups is 1. The molecule has 3 aromatic rings. The Labute approximate surface area is 236 Å². The van der Waals surface area contributed by atoms with Crippen LogP contribution in [-0.2, 0) is 16.2 Å². The highest BCUT2D eigenvalue weighted by Gasteiger charge is 2.67. The van der Waals surface area contributed by atoms with Gasteiger partial charge in [0.2, 0.25) is 0 Å². The third-order valence-electron chi connectivity index (χ3n) is 8.23. The zero-order valence-corrected chi connectivity index (χ0v) is 23.5. The maximum Gasteiger partial charge on any atom is 0.254 e. The first-order valence-corrected chi connectivity index (χ1v) is 14.4. The Hall–Kier alpha value is -2.27. The molecule has 1 heterocycles. The van der Waals surface area contributed by atoms with Crippen LogP contribution in [0.3, 0.4) is 0 Å². The molecule has 8 rings (SSSR count). The van der Waals surface area contributed by atoms with Gasteiger partial charge in [0.1, 0.15) is 12.4 Å². The van der Waals surface area contributed by atoms with E-state index < -0.39 is 0 Å². The highest BCUT2D eigenvalue weighted by molar-refractivity contribution is 14.1. The lowest BCUT2D eigenvalue weighted by Crippen LogP contribution is -2.40. The Morgan fingerprint density at radius 1 is 0.917 bits per heavy atom. The van der Waals surface area contributed by atoms with E-state index in [1.165, 1.54) is 10.8 Å². The molecule has 1 aliphatic heterocycles. The first-order chi connectivity index (χ1) is 17.5.